The molecule has 2 N–H and O–H groups in total. The van der Waals surface area contributed by atoms with E-state index < -0.39 is 12.0 Å². The van der Waals surface area contributed by atoms with E-state index in [-0.39, 0.29) is 29.9 Å². The quantitative estimate of drug-likeness (QED) is 0.582. The van der Waals surface area contributed by atoms with Gasteiger partial charge >= 0.3 is 5.97 Å². The van der Waals surface area contributed by atoms with Crippen LogP contribution < -0.4 is 10.9 Å². The van der Waals surface area contributed by atoms with Crippen LogP contribution >= 0.6 is 0 Å². The van der Waals surface area contributed by atoms with E-state index in [4.69, 9.17) is 4.74 Å². The molecule has 0 aliphatic rings. The van der Waals surface area contributed by atoms with Gasteiger partial charge in [-0.15, -0.1) is 0 Å². The summed E-state index contributed by atoms with van der Waals surface area (Å²) in [6.45, 7) is 0.276. The zero-order valence-corrected chi connectivity index (χ0v) is 14.7. The van der Waals surface area contributed by atoms with Crippen LogP contribution in [0.25, 0.3) is 11.2 Å². The highest BCUT2D eigenvalue weighted by Gasteiger charge is 2.22. The molecular weight excluding hydrogens is 350 g/mol. The first-order valence-electron chi connectivity index (χ1n) is 8.38. The molecule has 3 rings (SSSR count). The highest BCUT2D eigenvalue weighted by Crippen LogP contribution is 2.07. The summed E-state index contributed by atoms with van der Waals surface area (Å²) in [6, 6.07) is 8.59. The summed E-state index contributed by atoms with van der Waals surface area (Å²) in [5.74, 6) is -0.818. The molecule has 1 amide bonds. The van der Waals surface area contributed by atoms with Gasteiger partial charge in [0.1, 0.15) is 6.04 Å². The van der Waals surface area contributed by atoms with Gasteiger partial charge in [-0.1, -0.05) is 30.3 Å². The number of benzene rings is 1. The molecule has 0 saturated carbocycles. The van der Waals surface area contributed by atoms with E-state index in [1.807, 2.05) is 30.3 Å². The summed E-state index contributed by atoms with van der Waals surface area (Å²) in [5.41, 5.74) is 1.20. The molecule has 1 unspecified atom stereocenters. The summed E-state index contributed by atoms with van der Waals surface area (Å²) in [4.78, 5) is 46.5. The van der Waals surface area contributed by atoms with Gasteiger partial charge in [0.2, 0.25) is 5.91 Å². The smallest absolute Gasteiger partial charge is 0.328 e. The molecule has 0 aliphatic heterocycles. The summed E-state index contributed by atoms with van der Waals surface area (Å²) in [6.07, 6.45) is 3.18. The molecule has 140 valence electrons. The molecule has 0 radical (unpaired) electrons. The van der Waals surface area contributed by atoms with Gasteiger partial charge in [-0.05, 0) is 5.56 Å². The van der Waals surface area contributed by atoms with Gasteiger partial charge in [0.25, 0.3) is 5.56 Å². The number of nitrogens with zero attached hydrogens (tertiary/aromatic N) is 3. The Labute approximate surface area is 154 Å². The lowest BCUT2D eigenvalue weighted by Crippen LogP contribution is -2.43. The second-order valence-corrected chi connectivity index (χ2v) is 5.92. The zero-order chi connectivity index (χ0) is 19.2. The number of imidazole rings is 1. The van der Waals surface area contributed by atoms with Gasteiger partial charge in [0.15, 0.2) is 11.2 Å². The molecule has 1 atom stereocenters. The number of ether oxygens (including phenoxy) is 1. The fraction of sp³-hybridized carbons (Fsp3) is 0.278. The predicted octanol–water partition coefficient (Wildman–Crippen LogP) is 0.410. The molecule has 1 aromatic carbocycles. The van der Waals surface area contributed by atoms with Crippen LogP contribution in [0.15, 0.2) is 47.8 Å². The van der Waals surface area contributed by atoms with Crippen LogP contribution in [0.3, 0.4) is 0 Å². The van der Waals surface area contributed by atoms with Gasteiger partial charge in [-0.3, -0.25) is 9.59 Å². The number of amides is 1. The van der Waals surface area contributed by atoms with Crippen LogP contribution in [0.5, 0.6) is 0 Å². The molecule has 27 heavy (non-hydrogen) atoms. The molecule has 2 aromatic heterocycles. The van der Waals surface area contributed by atoms with Crippen LogP contribution in [0.2, 0.25) is 0 Å². The van der Waals surface area contributed by atoms with E-state index in [2.05, 4.69) is 20.3 Å². The van der Waals surface area contributed by atoms with Crippen molar-refractivity contribution < 1.29 is 14.3 Å². The number of hydrogen-bond donors (Lipinski definition) is 2. The normalized spacial score (nSPS) is 11.9. The molecule has 0 bridgehead atoms. The van der Waals surface area contributed by atoms with Crippen LogP contribution in [0.1, 0.15) is 12.0 Å². The average molecular weight is 369 g/mol. The van der Waals surface area contributed by atoms with Crippen molar-refractivity contribution in [3.05, 3.63) is 58.9 Å². The highest BCUT2D eigenvalue weighted by atomic mass is 16.5. The first-order chi connectivity index (χ1) is 13.1. The Morgan fingerprint density at radius 1 is 1.26 bits per heavy atom. The molecule has 0 spiro atoms. The number of fused-ring (bicyclic) bond motifs is 1. The summed E-state index contributed by atoms with van der Waals surface area (Å²) >= 11 is 0. The number of aromatic amines is 1. The number of nitrogens with one attached hydrogen (secondary N) is 2. The lowest BCUT2D eigenvalue weighted by atomic mass is 10.1. The van der Waals surface area contributed by atoms with Crippen LogP contribution in [-0.2, 0) is 27.3 Å². The number of carbonyl (C=O) groups is 2. The Hall–Kier alpha value is -3.49. The molecule has 0 saturated heterocycles. The van der Waals surface area contributed by atoms with Gasteiger partial charge in [0.05, 0.1) is 19.8 Å². The fourth-order valence-corrected chi connectivity index (χ4v) is 2.73. The largest absolute Gasteiger partial charge is 0.467 e. The van der Waals surface area contributed by atoms with Gasteiger partial charge < -0.3 is 19.6 Å². The maximum absolute atomic E-state index is 12.3. The van der Waals surface area contributed by atoms with Crippen molar-refractivity contribution in [1.82, 2.24) is 24.8 Å². The van der Waals surface area contributed by atoms with Crippen molar-refractivity contribution in [3.8, 4) is 0 Å². The third-order valence-electron chi connectivity index (χ3n) is 4.09. The Kier molecular flexibility index (Phi) is 5.60. The van der Waals surface area contributed by atoms with E-state index in [1.165, 1.54) is 19.8 Å². The standard InChI is InChI=1S/C18H19N5O4/c1-27-18(26)13(9-12-5-3-2-4-6-12)22-14(24)7-8-23-11-21-15-16(23)19-10-20-17(15)25/h2-6,10-11,13H,7-9H2,1H3,(H,22,24)(H,19,20,25). The predicted molar refractivity (Wildman–Crippen MR) is 96.9 cm³/mol. The number of rotatable bonds is 7. The van der Waals surface area contributed by atoms with Crippen LogP contribution in [0.4, 0.5) is 0 Å². The Bertz CT molecular complexity index is 996. The second kappa shape index (κ2) is 8.26. The van der Waals surface area contributed by atoms with Crippen molar-refractivity contribution in [2.45, 2.75) is 25.4 Å². The summed E-state index contributed by atoms with van der Waals surface area (Å²) < 4.78 is 6.41. The first kappa shape index (κ1) is 18.3. The number of carbonyl (C=O) groups excluding carboxylic acids is 2. The molecule has 9 nitrogen and oxygen atoms in total. The Morgan fingerprint density at radius 3 is 2.78 bits per heavy atom. The van der Waals surface area contributed by atoms with Crippen LogP contribution in [-0.4, -0.2) is 44.5 Å². The van der Waals surface area contributed by atoms with Crippen LogP contribution in [0, 0.1) is 0 Å². The number of hydrogen-bond acceptors (Lipinski definition) is 6. The third kappa shape index (κ3) is 4.38. The second-order valence-electron chi connectivity index (χ2n) is 5.92. The maximum atomic E-state index is 12.3. The van der Waals surface area contributed by atoms with Crippen molar-refractivity contribution in [2.75, 3.05) is 7.11 Å². The molecule has 9 heteroatoms. The summed E-state index contributed by atoms with van der Waals surface area (Å²) in [7, 11) is 1.29. The van der Waals surface area contributed by atoms with Crippen molar-refractivity contribution >= 4 is 23.0 Å². The lowest BCUT2D eigenvalue weighted by molar-refractivity contribution is -0.145. The first-order valence-corrected chi connectivity index (χ1v) is 8.38. The molecule has 2 heterocycles. The average Bonchev–Trinajstić information content (AvgIpc) is 3.10. The molecule has 0 fully saturated rings. The van der Waals surface area contributed by atoms with Crippen molar-refractivity contribution in [3.63, 3.8) is 0 Å². The van der Waals surface area contributed by atoms with Gasteiger partial charge in [-0.2, -0.15) is 0 Å². The minimum Gasteiger partial charge on any atom is -0.467 e. The number of methoxy groups -OCH3 is 1. The van der Waals surface area contributed by atoms with E-state index in [0.29, 0.717) is 12.1 Å². The number of H-pyrrole nitrogens is 1. The number of esters is 1. The molecular formula is C18H19N5O4. The molecule has 3 aromatic rings. The van der Waals surface area contributed by atoms with Crippen molar-refractivity contribution in [1.29, 1.82) is 0 Å². The minimum atomic E-state index is -0.773. The van der Waals surface area contributed by atoms with E-state index in [0.717, 1.165) is 5.56 Å². The van der Waals surface area contributed by atoms with Gasteiger partial charge in [0, 0.05) is 19.4 Å². The Morgan fingerprint density at radius 2 is 2.04 bits per heavy atom. The number of aromatic nitrogens is 4. The lowest BCUT2D eigenvalue weighted by Gasteiger charge is -2.16. The fourth-order valence-electron chi connectivity index (χ4n) is 2.73. The van der Waals surface area contributed by atoms with E-state index >= 15 is 0 Å². The Balaban J connectivity index is 1.64. The van der Waals surface area contributed by atoms with E-state index in [1.54, 1.807) is 4.57 Å². The SMILES string of the molecule is COC(=O)C(Cc1ccccc1)NC(=O)CCn1cnc2c(=O)[nH]cnc21. The van der Waals surface area contributed by atoms with Crippen molar-refractivity contribution in [2.24, 2.45) is 0 Å². The monoisotopic (exact) mass is 369 g/mol. The number of aryl methyl sites for hydroxylation is 1. The summed E-state index contributed by atoms with van der Waals surface area (Å²) in [5, 5.41) is 2.70. The third-order valence-corrected chi connectivity index (χ3v) is 4.09. The van der Waals surface area contributed by atoms with Gasteiger partial charge in [-0.25, -0.2) is 14.8 Å². The minimum absolute atomic E-state index is 0.0994. The topological polar surface area (TPSA) is 119 Å². The highest BCUT2D eigenvalue weighted by molar-refractivity contribution is 5.84. The molecule has 0 aliphatic carbocycles. The zero-order valence-electron chi connectivity index (χ0n) is 14.7. The maximum Gasteiger partial charge on any atom is 0.328 e. The van der Waals surface area contributed by atoms with E-state index in [9.17, 15) is 14.4 Å².